The van der Waals surface area contributed by atoms with Crippen LogP contribution in [0.15, 0.2) is 12.3 Å². The predicted molar refractivity (Wildman–Crippen MR) is 52.1 cm³/mol. The van der Waals surface area contributed by atoms with Crippen LogP contribution in [-0.2, 0) is 0 Å². The second-order valence-electron chi connectivity index (χ2n) is 3.07. The number of nitriles is 1. The van der Waals surface area contributed by atoms with Crippen molar-refractivity contribution < 1.29 is 0 Å². The molecule has 4 heteroatoms. The van der Waals surface area contributed by atoms with E-state index in [1.165, 1.54) is 6.20 Å². The first-order valence-corrected chi connectivity index (χ1v) is 4.05. The number of rotatable bonds is 2. The van der Waals surface area contributed by atoms with Gasteiger partial charge < -0.3 is 11.1 Å². The van der Waals surface area contributed by atoms with Crippen molar-refractivity contribution in [2.24, 2.45) is 0 Å². The predicted octanol–water partition coefficient (Wildman–Crippen LogP) is 1.36. The average molecular weight is 176 g/mol. The van der Waals surface area contributed by atoms with E-state index in [0.29, 0.717) is 17.1 Å². The summed E-state index contributed by atoms with van der Waals surface area (Å²) < 4.78 is 0. The maximum absolute atomic E-state index is 8.57. The Labute approximate surface area is 77.4 Å². The van der Waals surface area contributed by atoms with E-state index in [-0.39, 0.29) is 6.04 Å². The normalized spacial score (nSPS) is 9.69. The molecule has 1 aromatic heterocycles. The number of nitrogens with two attached hydrogens (primary N) is 1. The number of anilines is 2. The number of hydrogen-bond acceptors (Lipinski definition) is 4. The van der Waals surface area contributed by atoms with Crippen molar-refractivity contribution in [2.75, 3.05) is 11.1 Å². The van der Waals surface area contributed by atoms with Gasteiger partial charge in [-0.2, -0.15) is 5.26 Å². The van der Waals surface area contributed by atoms with Crippen molar-refractivity contribution in [2.45, 2.75) is 19.9 Å². The monoisotopic (exact) mass is 176 g/mol. The van der Waals surface area contributed by atoms with Crippen molar-refractivity contribution in [3.63, 3.8) is 0 Å². The van der Waals surface area contributed by atoms with Gasteiger partial charge in [0.1, 0.15) is 11.9 Å². The first-order valence-electron chi connectivity index (χ1n) is 4.05. The third kappa shape index (κ3) is 2.34. The Hall–Kier alpha value is -1.76. The lowest BCUT2D eigenvalue weighted by atomic mass is 10.2. The molecule has 4 nitrogen and oxygen atoms in total. The maximum Gasteiger partial charge on any atom is 0.149 e. The van der Waals surface area contributed by atoms with Crippen LogP contribution in [0.1, 0.15) is 19.4 Å². The van der Waals surface area contributed by atoms with Crippen LogP contribution in [-0.4, -0.2) is 11.0 Å². The van der Waals surface area contributed by atoms with Crippen molar-refractivity contribution in [1.82, 2.24) is 4.98 Å². The van der Waals surface area contributed by atoms with E-state index in [1.54, 1.807) is 6.07 Å². The van der Waals surface area contributed by atoms with E-state index in [1.807, 2.05) is 19.9 Å². The molecule has 0 saturated heterocycles. The van der Waals surface area contributed by atoms with Gasteiger partial charge in [-0.15, -0.1) is 0 Å². The Morgan fingerprint density at radius 2 is 2.31 bits per heavy atom. The summed E-state index contributed by atoms with van der Waals surface area (Å²) in [5, 5.41) is 11.6. The lowest BCUT2D eigenvalue weighted by molar-refractivity contribution is 0.890. The van der Waals surface area contributed by atoms with Crippen LogP contribution in [0.2, 0.25) is 0 Å². The molecule has 1 rings (SSSR count). The number of aromatic nitrogens is 1. The molecule has 0 aliphatic heterocycles. The molecule has 0 atom stereocenters. The molecule has 0 bridgehead atoms. The minimum atomic E-state index is 0.280. The van der Waals surface area contributed by atoms with Gasteiger partial charge in [0.05, 0.1) is 11.3 Å². The molecule has 0 fully saturated rings. The molecule has 1 aromatic rings. The van der Waals surface area contributed by atoms with Crippen LogP contribution >= 0.6 is 0 Å². The molecule has 0 aromatic carbocycles. The molecule has 0 spiro atoms. The van der Waals surface area contributed by atoms with E-state index in [0.717, 1.165) is 0 Å². The molecule has 0 aliphatic carbocycles. The third-order valence-corrected chi connectivity index (χ3v) is 1.47. The molecule has 0 saturated carbocycles. The first kappa shape index (κ1) is 9.33. The van der Waals surface area contributed by atoms with Gasteiger partial charge in [0.2, 0.25) is 0 Å². The summed E-state index contributed by atoms with van der Waals surface area (Å²) in [4.78, 5) is 4.03. The second-order valence-corrected chi connectivity index (χ2v) is 3.07. The Kier molecular flexibility index (Phi) is 2.70. The van der Waals surface area contributed by atoms with E-state index in [2.05, 4.69) is 10.3 Å². The highest BCUT2D eigenvalue weighted by molar-refractivity contribution is 5.63. The number of hydrogen-bond donors (Lipinski definition) is 2. The Bertz CT molecular complexity index is 338. The molecular formula is C9H12N4. The fourth-order valence-corrected chi connectivity index (χ4v) is 0.937. The topological polar surface area (TPSA) is 74.7 Å². The Morgan fingerprint density at radius 3 is 2.77 bits per heavy atom. The zero-order valence-electron chi connectivity index (χ0n) is 7.70. The second kappa shape index (κ2) is 3.76. The van der Waals surface area contributed by atoms with Crippen LogP contribution in [0.5, 0.6) is 0 Å². The van der Waals surface area contributed by atoms with Crippen LogP contribution in [0, 0.1) is 11.3 Å². The van der Waals surface area contributed by atoms with Gasteiger partial charge in [-0.3, -0.25) is 0 Å². The summed E-state index contributed by atoms with van der Waals surface area (Å²) in [6.45, 7) is 4.00. The number of pyridine rings is 1. The van der Waals surface area contributed by atoms with E-state index in [4.69, 9.17) is 11.0 Å². The van der Waals surface area contributed by atoms with Crippen molar-refractivity contribution >= 4 is 11.5 Å². The molecular weight excluding hydrogens is 164 g/mol. The van der Waals surface area contributed by atoms with E-state index >= 15 is 0 Å². The van der Waals surface area contributed by atoms with Gasteiger partial charge in [-0.05, 0) is 19.9 Å². The van der Waals surface area contributed by atoms with Gasteiger partial charge in [0.25, 0.3) is 0 Å². The summed E-state index contributed by atoms with van der Waals surface area (Å²) in [5.74, 6) is 0.633. The average Bonchev–Trinajstić information content (AvgIpc) is 2.08. The Balaban J connectivity index is 2.93. The zero-order chi connectivity index (χ0) is 9.84. The summed E-state index contributed by atoms with van der Waals surface area (Å²) in [7, 11) is 0. The van der Waals surface area contributed by atoms with E-state index < -0.39 is 0 Å². The Morgan fingerprint density at radius 1 is 1.62 bits per heavy atom. The van der Waals surface area contributed by atoms with Crippen LogP contribution in [0.4, 0.5) is 11.5 Å². The smallest absolute Gasteiger partial charge is 0.149 e. The highest BCUT2D eigenvalue weighted by atomic mass is 15.0. The van der Waals surface area contributed by atoms with E-state index in [9.17, 15) is 0 Å². The summed E-state index contributed by atoms with van der Waals surface area (Å²) >= 11 is 0. The third-order valence-electron chi connectivity index (χ3n) is 1.47. The van der Waals surface area contributed by atoms with Crippen LogP contribution in [0.25, 0.3) is 0 Å². The molecule has 0 radical (unpaired) electrons. The van der Waals surface area contributed by atoms with Crippen molar-refractivity contribution in [3.05, 3.63) is 17.8 Å². The fourth-order valence-electron chi connectivity index (χ4n) is 0.937. The molecule has 3 N–H and O–H groups in total. The fraction of sp³-hybridized carbons (Fsp3) is 0.333. The molecule has 0 unspecified atom stereocenters. The molecule has 0 aliphatic rings. The standard InChI is InChI=1S/C9H12N4/c1-6(2)13-9-8(11)3-7(4-10)5-12-9/h3,5-6H,11H2,1-2H3,(H,12,13). The number of nitrogens with one attached hydrogen (secondary N) is 1. The van der Waals surface area contributed by atoms with Crippen LogP contribution in [0.3, 0.4) is 0 Å². The van der Waals surface area contributed by atoms with Gasteiger partial charge in [-0.25, -0.2) is 4.98 Å². The zero-order valence-corrected chi connectivity index (χ0v) is 7.70. The van der Waals surface area contributed by atoms with Crippen LogP contribution < -0.4 is 11.1 Å². The minimum Gasteiger partial charge on any atom is -0.396 e. The maximum atomic E-state index is 8.57. The highest BCUT2D eigenvalue weighted by Gasteiger charge is 2.02. The van der Waals surface area contributed by atoms with Crippen molar-refractivity contribution in [1.29, 1.82) is 5.26 Å². The molecule has 0 amide bonds. The van der Waals surface area contributed by atoms with Gasteiger partial charge in [0.15, 0.2) is 0 Å². The SMILES string of the molecule is CC(C)Nc1ncc(C#N)cc1N. The van der Waals surface area contributed by atoms with Gasteiger partial charge >= 0.3 is 0 Å². The first-order chi connectivity index (χ1) is 6.13. The summed E-state index contributed by atoms with van der Waals surface area (Å²) in [5.41, 5.74) is 6.65. The number of nitrogen functional groups attached to an aromatic ring is 1. The summed E-state index contributed by atoms with van der Waals surface area (Å²) in [6.07, 6.45) is 1.50. The lowest BCUT2D eigenvalue weighted by Crippen LogP contribution is -2.12. The van der Waals surface area contributed by atoms with Gasteiger partial charge in [0, 0.05) is 12.2 Å². The van der Waals surface area contributed by atoms with Gasteiger partial charge in [-0.1, -0.05) is 0 Å². The lowest BCUT2D eigenvalue weighted by Gasteiger charge is -2.10. The van der Waals surface area contributed by atoms with Crippen molar-refractivity contribution in [3.8, 4) is 6.07 Å². The number of nitrogens with zero attached hydrogens (tertiary/aromatic N) is 2. The molecule has 1 heterocycles. The quantitative estimate of drug-likeness (QED) is 0.713. The highest BCUT2D eigenvalue weighted by Crippen LogP contribution is 2.16. The molecule has 13 heavy (non-hydrogen) atoms. The molecule has 68 valence electrons. The minimum absolute atomic E-state index is 0.280. The largest absolute Gasteiger partial charge is 0.396 e. The summed E-state index contributed by atoms with van der Waals surface area (Å²) in [6, 6.07) is 3.87.